The number of pyridine rings is 1. The minimum absolute atomic E-state index is 0.438. The fourth-order valence-electron chi connectivity index (χ4n) is 4.56. The van der Waals surface area contributed by atoms with Crippen molar-refractivity contribution in [2.75, 3.05) is 7.05 Å². The topological polar surface area (TPSA) is 16.1 Å². The number of hydrogen-bond donors (Lipinski definition) is 0. The van der Waals surface area contributed by atoms with E-state index in [0.29, 0.717) is 6.04 Å². The SMILES string of the molecule is CCCCC(c1ccccc1)N(C)Cc1ccc(-c2c(CC)cccc2CC)nc1C. The number of rotatable bonds is 10. The molecule has 2 aromatic carbocycles. The predicted octanol–water partition coefficient (Wildman–Crippen LogP) is 7.55. The van der Waals surface area contributed by atoms with Crippen LogP contribution in [0.3, 0.4) is 0 Å². The molecule has 1 heterocycles. The summed E-state index contributed by atoms with van der Waals surface area (Å²) in [6.45, 7) is 9.81. The lowest BCUT2D eigenvalue weighted by molar-refractivity contribution is 0.220. The minimum Gasteiger partial charge on any atom is -0.295 e. The van der Waals surface area contributed by atoms with Gasteiger partial charge in [0, 0.05) is 23.8 Å². The van der Waals surface area contributed by atoms with Crippen LogP contribution in [0.2, 0.25) is 0 Å². The highest BCUT2D eigenvalue weighted by Gasteiger charge is 2.18. The summed E-state index contributed by atoms with van der Waals surface area (Å²) in [6, 6.07) is 22.6. The Morgan fingerprint density at radius 2 is 1.48 bits per heavy atom. The smallest absolute Gasteiger partial charge is 0.0710 e. The van der Waals surface area contributed by atoms with E-state index >= 15 is 0 Å². The number of benzene rings is 2. The summed E-state index contributed by atoms with van der Waals surface area (Å²) in [5, 5.41) is 0. The van der Waals surface area contributed by atoms with Gasteiger partial charge < -0.3 is 0 Å². The normalized spacial score (nSPS) is 12.3. The Labute approximate surface area is 189 Å². The molecule has 3 aromatic rings. The molecule has 3 rings (SSSR count). The number of aryl methyl sites for hydroxylation is 3. The van der Waals surface area contributed by atoms with E-state index in [1.54, 1.807) is 0 Å². The molecular weight excluding hydrogens is 376 g/mol. The molecule has 0 fully saturated rings. The molecule has 31 heavy (non-hydrogen) atoms. The van der Waals surface area contributed by atoms with Crippen LogP contribution in [0.25, 0.3) is 11.3 Å². The van der Waals surface area contributed by atoms with Gasteiger partial charge in [0.2, 0.25) is 0 Å². The van der Waals surface area contributed by atoms with Gasteiger partial charge in [-0.25, -0.2) is 0 Å². The quantitative estimate of drug-likeness (QED) is 0.340. The molecule has 164 valence electrons. The fraction of sp³-hybridized carbons (Fsp3) is 0.414. The summed E-state index contributed by atoms with van der Waals surface area (Å²) in [5.41, 5.74) is 9.09. The molecule has 0 aliphatic rings. The summed E-state index contributed by atoms with van der Waals surface area (Å²) < 4.78 is 0. The average Bonchev–Trinajstić information content (AvgIpc) is 2.80. The van der Waals surface area contributed by atoms with E-state index in [0.717, 1.165) is 30.8 Å². The molecule has 1 atom stereocenters. The molecule has 1 aromatic heterocycles. The van der Waals surface area contributed by atoms with E-state index < -0.39 is 0 Å². The number of aromatic nitrogens is 1. The van der Waals surface area contributed by atoms with E-state index in [2.05, 4.69) is 100 Å². The second-order valence-corrected chi connectivity index (χ2v) is 8.58. The van der Waals surface area contributed by atoms with Crippen LogP contribution in [0.15, 0.2) is 60.7 Å². The Balaban J connectivity index is 1.86. The van der Waals surface area contributed by atoms with Gasteiger partial charge in [0.1, 0.15) is 0 Å². The summed E-state index contributed by atoms with van der Waals surface area (Å²) in [6.07, 6.45) is 5.72. The van der Waals surface area contributed by atoms with Gasteiger partial charge >= 0.3 is 0 Å². The molecule has 0 N–H and O–H groups in total. The van der Waals surface area contributed by atoms with Crippen LogP contribution in [0.5, 0.6) is 0 Å². The van der Waals surface area contributed by atoms with Crippen LogP contribution in [0.4, 0.5) is 0 Å². The summed E-state index contributed by atoms with van der Waals surface area (Å²) >= 11 is 0. The standard InChI is InChI=1S/C29H38N2/c1-6-9-18-28(25-14-11-10-12-15-25)31(5)21-26-19-20-27(30-22(26)4)29-23(7-2)16-13-17-24(29)8-3/h10-17,19-20,28H,6-9,18,21H2,1-5H3. The van der Waals surface area contributed by atoms with Gasteiger partial charge in [0.15, 0.2) is 0 Å². The average molecular weight is 415 g/mol. The summed E-state index contributed by atoms with van der Waals surface area (Å²) in [5.74, 6) is 0. The molecule has 0 spiro atoms. The first-order valence-electron chi connectivity index (χ1n) is 11.9. The van der Waals surface area contributed by atoms with Crippen molar-refractivity contribution in [3.8, 4) is 11.3 Å². The molecule has 2 heteroatoms. The lowest BCUT2D eigenvalue weighted by Gasteiger charge is -2.29. The minimum atomic E-state index is 0.438. The molecule has 0 radical (unpaired) electrons. The van der Waals surface area contributed by atoms with Crippen LogP contribution >= 0.6 is 0 Å². The highest BCUT2D eigenvalue weighted by molar-refractivity contribution is 5.68. The first-order chi connectivity index (χ1) is 15.1. The van der Waals surface area contributed by atoms with Gasteiger partial charge in [-0.05, 0) is 61.6 Å². The Hall–Kier alpha value is -2.45. The fourth-order valence-corrected chi connectivity index (χ4v) is 4.56. The monoisotopic (exact) mass is 414 g/mol. The molecule has 1 unspecified atom stereocenters. The van der Waals surface area contributed by atoms with Crippen molar-refractivity contribution in [1.82, 2.24) is 9.88 Å². The Kier molecular flexibility index (Phi) is 8.43. The second kappa shape index (κ2) is 11.2. The zero-order valence-corrected chi connectivity index (χ0v) is 20.0. The van der Waals surface area contributed by atoms with E-state index in [1.807, 2.05) is 0 Å². The van der Waals surface area contributed by atoms with Gasteiger partial charge in [-0.1, -0.05) is 88.2 Å². The van der Waals surface area contributed by atoms with Crippen LogP contribution in [-0.4, -0.2) is 16.9 Å². The molecular formula is C29H38N2. The zero-order valence-electron chi connectivity index (χ0n) is 20.0. The van der Waals surface area contributed by atoms with Crippen molar-refractivity contribution in [1.29, 1.82) is 0 Å². The number of unbranched alkanes of at least 4 members (excludes halogenated alkanes) is 1. The van der Waals surface area contributed by atoms with Gasteiger partial charge in [-0.3, -0.25) is 9.88 Å². The van der Waals surface area contributed by atoms with E-state index in [-0.39, 0.29) is 0 Å². The Morgan fingerprint density at radius 1 is 0.806 bits per heavy atom. The molecule has 0 bridgehead atoms. The lowest BCUT2D eigenvalue weighted by atomic mass is 9.94. The number of nitrogens with zero attached hydrogens (tertiary/aromatic N) is 2. The van der Waals surface area contributed by atoms with E-state index in [1.165, 1.54) is 47.1 Å². The first-order valence-corrected chi connectivity index (χ1v) is 11.9. The largest absolute Gasteiger partial charge is 0.295 e. The first kappa shape index (κ1) is 23.2. The third-order valence-electron chi connectivity index (χ3n) is 6.42. The van der Waals surface area contributed by atoms with Crippen molar-refractivity contribution in [2.45, 2.75) is 72.4 Å². The molecule has 0 amide bonds. The van der Waals surface area contributed by atoms with Gasteiger partial charge in [-0.15, -0.1) is 0 Å². The highest BCUT2D eigenvalue weighted by atomic mass is 15.1. The zero-order chi connectivity index (χ0) is 22.2. The Bertz CT molecular complexity index is 939. The van der Waals surface area contributed by atoms with Crippen molar-refractivity contribution in [3.63, 3.8) is 0 Å². The van der Waals surface area contributed by atoms with E-state index in [4.69, 9.17) is 4.98 Å². The van der Waals surface area contributed by atoms with Gasteiger partial charge in [-0.2, -0.15) is 0 Å². The molecule has 0 aliphatic carbocycles. The van der Waals surface area contributed by atoms with Crippen molar-refractivity contribution in [2.24, 2.45) is 0 Å². The van der Waals surface area contributed by atoms with E-state index in [9.17, 15) is 0 Å². The third-order valence-corrected chi connectivity index (χ3v) is 6.42. The molecule has 0 saturated carbocycles. The highest BCUT2D eigenvalue weighted by Crippen LogP contribution is 2.30. The lowest BCUT2D eigenvalue weighted by Crippen LogP contribution is -2.25. The molecule has 2 nitrogen and oxygen atoms in total. The van der Waals surface area contributed by atoms with Crippen LogP contribution in [-0.2, 0) is 19.4 Å². The van der Waals surface area contributed by atoms with Crippen LogP contribution in [0, 0.1) is 6.92 Å². The van der Waals surface area contributed by atoms with Gasteiger partial charge in [0.25, 0.3) is 0 Å². The summed E-state index contributed by atoms with van der Waals surface area (Å²) in [7, 11) is 2.25. The number of hydrogen-bond acceptors (Lipinski definition) is 2. The molecule has 0 aliphatic heterocycles. The third kappa shape index (κ3) is 5.62. The van der Waals surface area contributed by atoms with Crippen LogP contribution in [0.1, 0.15) is 74.0 Å². The van der Waals surface area contributed by atoms with Gasteiger partial charge in [0.05, 0.1) is 5.69 Å². The van der Waals surface area contributed by atoms with Crippen molar-refractivity contribution < 1.29 is 0 Å². The maximum atomic E-state index is 5.08. The maximum Gasteiger partial charge on any atom is 0.0710 e. The van der Waals surface area contributed by atoms with Crippen LogP contribution < -0.4 is 0 Å². The van der Waals surface area contributed by atoms with Crippen molar-refractivity contribution >= 4 is 0 Å². The second-order valence-electron chi connectivity index (χ2n) is 8.58. The summed E-state index contributed by atoms with van der Waals surface area (Å²) in [4.78, 5) is 7.57. The molecule has 0 saturated heterocycles. The Morgan fingerprint density at radius 3 is 2.06 bits per heavy atom. The maximum absolute atomic E-state index is 5.08. The predicted molar refractivity (Wildman–Crippen MR) is 133 cm³/mol. The van der Waals surface area contributed by atoms with Crippen molar-refractivity contribution in [3.05, 3.63) is 88.6 Å².